The quantitative estimate of drug-likeness (QED) is 0.666. The lowest BCUT2D eigenvalue weighted by atomic mass is 10.2. The minimum atomic E-state index is -0.532. The van der Waals surface area contributed by atoms with Crippen LogP contribution in [0.1, 0.15) is 18.7 Å². The lowest BCUT2D eigenvalue weighted by molar-refractivity contribution is -0.0332. The summed E-state index contributed by atoms with van der Waals surface area (Å²) in [5.41, 5.74) is 6.36. The third kappa shape index (κ3) is 3.65. The number of nitrogens with zero attached hydrogens (tertiary/aromatic N) is 2. The molecule has 0 saturated carbocycles. The largest absolute Gasteiger partial charge is 0.373 e. The standard InChI is InChI=1S/C17H18N4O4S2/c1-9-15(21-13-12(27-17(21)23)14(22)20-16(18)19-13)25-11(26-9)8-24-7-10-5-3-2-4-6-10/h2-6,9,11,15H,7-8H2,1H3,(H3,18,19,20,22)/t9-,11-,15+/m0/s1. The van der Waals surface area contributed by atoms with Crippen LogP contribution >= 0.6 is 23.1 Å². The Bertz CT molecular complexity index is 1060. The fourth-order valence-corrected chi connectivity index (χ4v) is 4.97. The van der Waals surface area contributed by atoms with E-state index in [-0.39, 0.29) is 31.9 Å². The van der Waals surface area contributed by atoms with E-state index in [0.29, 0.717) is 13.2 Å². The second-order valence-electron chi connectivity index (χ2n) is 6.14. The van der Waals surface area contributed by atoms with Crippen LogP contribution in [0.2, 0.25) is 0 Å². The average Bonchev–Trinajstić information content (AvgIpc) is 3.15. The van der Waals surface area contributed by atoms with Gasteiger partial charge in [-0.2, -0.15) is 4.98 Å². The van der Waals surface area contributed by atoms with Gasteiger partial charge >= 0.3 is 4.87 Å². The number of aromatic nitrogens is 3. The summed E-state index contributed by atoms with van der Waals surface area (Å²) in [5.74, 6) is -0.0277. The fraction of sp³-hybridized carbons (Fsp3) is 0.353. The Morgan fingerprint density at radius 3 is 2.89 bits per heavy atom. The first-order valence-corrected chi connectivity index (χ1v) is 10.1. The fourth-order valence-electron chi connectivity index (χ4n) is 2.97. The van der Waals surface area contributed by atoms with Crippen molar-refractivity contribution in [2.75, 3.05) is 12.3 Å². The molecule has 1 fully saturated rings. The minimum absolute atomic E-state index is 0.00635. The van der Waals surface area contributed by atoms with Gasteiger partial charge < -0.3 is 15.2 Å². The van der Waals surface area contributed by atoms with Gasteiger partial charge in [0.05, 0.1) is 18.5 Å². The number of rotatable bonds is 5. The summed E-state index contributed by atoms with van der Waals surface area (Å²) in [6, 6.07) is 9.89. The summed E-state index contributed by atoms with van der Waals surface area (Å²) in [4.78, 5) is 30.7. The van der Waals surface area contributed by atoms with Crippen LogP contribution in [0.25, 0.3) is 10.3 Å². The van der Waals surface area contributed by atoms with E-state index in [2.05, 4.69) is 9.97 Å². The maximum absolute atomic E-state index is 12.5. The van der Waals surface area contributed by atoms with Crippen LogP contribution in [-0.4, -0.2) is 31.8 Å². The molecule has 2 aromatic heterocycles. The molecule has 0 aliphatic carbocycles. The molecule has 142 valence electrons. The van der Waals surface area contributed by atoms with Crippen molar-refractivity contribution in [3.8, 4) is 0 Å². The van der Waals surface area contributed by atoms with E-state index in [1.165, 1.54) is 4.57 Å². The maximum atomic E-state index is 12.5. The van der Waals surface area contributed by atoms with Crippen LogP contribution in [0.5, 0.6) is 0 Å². The van der Waals surface area contributed by atoms with Crippen molar-refractivity contribution in [2.24, 2.45) is 0 Å². The van der Waals surface area contributed by atoms with Gasteiger partial charge in [-0.3, -0.25) is 19.1 Å². The molecule has 3 heterocycles. The third-order valence-corrected chi connectivity index (χ3v) is 6.33. The highest BCUT2D eigenvalue weighted by molar-refractivity contribution is 8.00. The van der Waals surface area contributed by atoms with Crippen molar-refractivity contribution in [2.45, 2.75) is 30.4 Å². The normalized spacial score (nSPS) is 22.5. The molecule has 1 aromatic carbocycles. The Morgan fingerprint density at radius 1 is 1.33 bits per heavy atom. The van der Waals surface area contributed by atoms with Crippen LogP contribution in [0.15, 0.2) is 39.9 Å². The number of H-pyrrole nitrogens is 1. The number of thioether (sulfide) groups is 1. The Labute approximate surface area is 162 Å². The molecular formula is C17H18N4O4S2. The van der Waals surface area contributed by atoms with E-state index in [1.807, 2.05) is 37.3 Å². The molecule has 1 aliphatic heterocycles. The van der Waals surface area contributed by atoms with E-state index in [4.69, 9.17) is 15.2 Å². The third-order valence-electron chi connectivity index (χ3n) is 4.17. The highest BCUT2D eigenvalue weighted by atomic mass is 32.2. The molecule has 1 aliphatic rings. The predicted octanol–water partition coefficient (Wildman–Crippen LogP) is 1.92. The zero-order valence-corrected chi connectivity index (χ0v) is 16.1. The summed E-state index contributed by atoms with van der Waals surface area (Å²) < 4.78 is 13.5. The molecule has 0 bridgehead atoms. The number of nitrogen functional groups attached to an aromatic ring is 1. The number of benzene rings is 1. The van der Waals surface area contributed by atoms with Gasteiger partial charge in [0.2, 0.25) is 5.95 Å². The van der Waals surface area contributed by atoms with Crippen molar-refractivity contribution in [3.05, 3.63) is 55.9 Å². The average molecular weight is 406 g/mol. The second kappa shape index (κ2) is 7.47. The SMILES string of the molecule is C[C@@H]1S[C@@H](COCc2ccccc2)O[C@H]1n1c(=O)sc2c(=O)[nH]c(N)nc21. The molecule has 1 saturated heterocycles. The van der Waals surface area contributed by atoms with Gasteiger partial charge in [-0.05, 0) is 12.5 Å². The molecule has 10 heteroatoms. The van der Waals surface area contributed by atoms with Crippen molar-refractivity contribution in [1.29, 1.82) is 0 Å². The van der Waals surface area contributed by atoms with Gasteiger partial charge in [0.1, 0.15) is 10.1 Å². The number of ether oxygens (including phenoxy) is 2. The van der Waals surface area contributed by atoms with Crippen LogP contribution < -0.4 is 16.2 Å². The van der Waals surface area contributed by atoms with Crippen LogP contribution in [0, 0.1) is 0 Å². The highest BCUT2D eigenvalue weighted by Crippen LogP contribution is 2.39. The molecule has 0 unspecified atom stereocenters. The number of nitrogens with one attached hydrogen (secondary N) is 1. The Balaban J connectivity index is 1.50. The lowest BCUT2D eigenvalue weighted by Gasteiger charge is -2.16. The number of fused-ring (bicyclic) bond motifs is 1. The molecule has 3 N–H and O–H groups in total. The van der Waals surface area contributed by atoms with Crippen molar-refractivity contribution >= 4 is 39.4 Å². The summed E-state index contributed by atoms with van der Waals surface area (Å²) in [6.45, 7) is 2.86. The maximum Gasteiger partial charge on any atom is 0.311 e. The number of thiazole rings is 1. The molecule has 8 nitrogen and oxygen atoms in total. The monoisotopic (exact) mass is 406 g/mol. The van der Waals surface area contributed by atoms with Gasteiger partial charge in [-0.25, -0.2) is 0 Å². The molecule has 27 heavy (non-hydrogen) atoms. The molecule has 3 atom stereocenters. The van der Waals surface area contributed by atoms with Crippen molar-refractivity contribution in [1.82, 2.24) is 14.5 Å². The number of aromatic amines is 1. The Kier molecular flexibility index (Phi) is 5.04. The highest BCUT2D eigenvalue weighted by Gasteiger charge is 2.36. The minimum Gasteiger partial charge on any atom is -0.373 e. The topological polar surface area (TPSA) is 112 Å². The van der Waals surface area contributed by atoms with E-state index < -0.39 is 11.8 Å². The van der Waals surface area contributed by atoms with Gasteiger partial charge in [0, 0.05) is 0 Å². The smallest absolute Gasteiger partial charge is 0.311 e. The van der Waals surface area contributed by atoms with Crippen LogP contribution in [-0.2, 0) is 16.1 Å². The number of nitrogens with two attached hydrogens (primary N) is 1. The Hall–Kier alpha value is -2.14. The summed E-state index contributed by atoms with van der Waals surface area (Å²) in [6.07, 6.45) is -0.532. The molecule has 0 radical (unpaired) electrons. The van der Waals surface area contributed by atoms with Gasteiger partial charge in [0.15, 0.2) is 11.9 Å². The molecule has 4 rings (SSSR count). The summed E-state index contributed by atoms with van der Waals surface area (Å²) in [5, 5.41) is -0.00635. The lowest BCUT2D eigenvalue weighted by Crippen LogP contribution is -2.26. The van der Waals surface area contributed by atoms with Crippen molar-refractivity contribution in [3.63, 3.8) is 0 Å². The predicted molar refractivity (Wildman–Crippen MR) is 106 cm³/mol. The van der Waals surface area contributed by atoms with E-state index in [0.717, 1.165) is 16.9 Å². The van der Waals surface area contributed by atoms with Crippen molar-refractivity contribution < 1.29 is 9.47 Å². The van der Waals surface area contributed by atoms with E-state index in [1.54, 1.807) is 11.8 Å². The first-order valence-electron chi connectivity index (χ1n) is 8.36. The van der Waals surface area contributed by atoms with Gasteiger partial charge in [-0.15, -0.1) is 11.8 Å². The van der Waals surface area contributed by atoms with E-state index in [9.17, 15) is 9.59 Å². The summed E-state index contributed by atoms with van der Waals surface area (Å²) in [7, 11) is 0. The zero-order chi connectivity index (χ0) is 19.0. The molecule has 3 aromatic rings. The first-order chi connectivity index (χ1) is 13.0. The van der Waals surface area contributed by atoms with Crippen LogP contribution in [0.3, 0.4) is 0 Å². The second-order valence-corrected chi connectivity index (χ2v) is 8.64. The van der Waals surface area contributed by atoms with E-state index >= 15 is 0 Å². The Morgan fingerprint density at radius 2 is 2.11 bits per heavy atom. The first kappa shape index (κ1) is 18.2. The number of anilines is 1. The van der Waals surface area contributed by atoms with Crippen LogP contribution in [0.4, 0.5) is 5.95 Å². The zero-order valence-electron chi connectivity index (χ0n) is 14.5. The molecule has 0 spiro atoms. The number of hydrogen-bond acceptors (Lipinski definition) is 8. The van der Waals surface area contributed by atoms with Gasteiger partial charge in [-0.1, -0.05) is 41.7 Å². The molecule has 0 amide bonds. The number of hydrogen-bond donors (Lipinski definition) is 2. The molecular weight excluding hydrogens is 388 g/mol. The summed E-state index contributed by atoms with van der Waals surface area (Å²) >= 11 is 2.43. The van der Waals surface area contributed by atoms with Gasteiger partial charge in [0.25, 0.3) is 5.56 Å².